The lowest BCUT2D eigenvalue weighted by atomic mass is 10.1. The van der Waals surface area contributed by atoms with Gasteiger partial charge >= 0.3 is 5.97 Å². The Hall–Kier alpha value is -1.48. The van der Waals surface area contributed by atoms with Crippen LogP contribution in [0.5, 0.6) is 0 Å². The van der Waals surface area contributed by atoms with Crippen molar-refractivity contribution in [1.29, 1.82) is 0 Å². The van der Waals surface area contributed by atoms with Gasteiger partial charge in [0.1, 0.15) is 0 Å². The number of esters is 1. The van der Waals surface area contributed by atoms with Crippen LogP contribution in [0.2, 0.25) is 0 Å². The monoisotopic (exact) mass is 397 g/mol. The first-order chi connectivity index (χ1) is 13.0. The van der Waals surface area contributed by atoms with Crippen LogP contribution in [-0.2, 0) is 29.0 Å². The van der Waals surface area contributed by atoms with Crippen LogP contribution >= 0.6 is 0 Å². The highest BCUT2D eigenvalue weighted by molar-refractivity contribution is 7.89. The molecule has 0 spiro atoms. The van der Waals surface area contributed by atoms with Crippen molar-refractivity contribution in [3.05, 3.63) is 29.8 Å². The van der Waals surface area contributed by atoms with Crippen LogP contribution in [0.1, 0.15) is 43.8 Å². The van der Waals surface area contributed by atoms with E-state index in [1.807, 2.05) is 0 Å². The lowest BCUT2D eigenvalue weighted by Gasteiger charge is -2.27. The van der Waals surface area contributed by atoms with E-state index in [2.05, 4.69) is 0 Å². The van der Waals surface area contributed by atoms with Crippen LogP contribution in [0.3, 0.4) is 0 Å². The Labute approximate surface area is 160 Å². The van der Waals surface area contributed by atoms with Gasteiger partial charge in [0, 0.05) is 26.3 Å². The average Bonchev–Trinajstić information content (AvgIpc) is 2.73. The Balaban J connectivity index is 1.77. The summed E-state index contributed by atoms with van der Waals surface area (Å²) in [4.78, 5) is 12.4. The van der Waals surface area contributed by atoms with Crippen molar-refractivity contribution in [1.82, 2.24) is 4.31 Å². The predicted molar refractivity (Wildman–Crippen MR) is 98.7 cm³/mol. The Morgan fingerprint density at radius 3 is 2.33 bits per heavy atom. The number of ether oxygens (including phenoxy) is 3. The summed E-state index contributed by atoms with van der Waals surface area (Å²) in [5, 5.41) is 0. The summed E-state index contributed by atoms with van der Waals surface area (Å²) in [5.41, 5.74) is 0.589. The van der Waals surface area contributed by atoms with Crippen molar-refractivity contribution < 1.29 is 27.4 Å². The molecular weight excluding hydrogens is 370 g/mol. The van der Waals surface area contributed by atoms with Gasteiger partial charge in [0.2, 0.25) is 10.0 Å². The van der Waals surface area contributed by atoms with Crippen LogP contribution in [0, 0.1) is 0 Å². The van der Waals surface area contributed by atoms with Gasteiger partial charge in [-0.15, -0.1) is 0 Å². The van der Waals surface area contributed by atoms with Gasteiger partial charge < -0.3 is 14.2 Å². The molecule has 1 aromatic rings. The number of carbonyl (C=O) groups is 1. The normalized spacial score (nSPS) is 20.9. The molecule has 2 aliphatic heterocycles. The Kier molecular flexibility index (Phi) is 6.86. The highest BCUT2D eigenvalue weighted by atomic mass is 32.2. The maximum atomic E-state index is 12.8. The standard InChI is InChI=1S/C19H27NO6S/c1-24-19(21)18(26-16-9-13-25-14-10-16)15-5-7-17(8-6-15)27(22,23)20-11-3-2-4-12-20/h5-8,16,18H,2-4,9-14H2,1H3. The number of nitrogens with zero attached hydrogens (tertiary/aromatic N) is 1. The molecule has 3 rings (SSSR count). The van der Waals surface area contributed by atoms with Crippen molar-refractivity contribution in [2.75, 3.05) is 33.4 Å². The van der Waals surface area contributed by atoms with Gasteiger partial charge in [-0.3, -0.25) is 0 Å². The number of rotatable bonds is 6. The van der Waals surface area contributed by atoms with Crippen LogP contribution in [0.4, 0.5) is 0 Å². The third kappa shape index (κ3) is 4.87. The van der Waals surface area contributed by atoms with Gasteiger partial charge in [0.15, 0.2) is 6.10 Å². The van der Waals surface area contributed by atoms with Gasteiger partial charge in [-0.1, -0.05) is 18.6 Å². The summed E-state index contributed by atoms with van der Waals surface area (Å²) in [7, 11) is -2.18. The fourth-order valence-electron chi connectivity index (χ4n) is 3.45. The number of hydrogen-bond acceptors (Lipinski definition) is 6. The molecule has 150 valence electrons. The highest BCUT2D eigenvalue weighted by Gasteiger charge is 2.29. The van der Waals surface area contributed by atoms with Crippen molar-refractivity contribution >= 4 is 16.0 Å². The molecule has 2 saturated heterocycles. The molecule has 0 N–H and O–H groups in total. The topological polar surface area (TPSA) is 82.1 Å². The van der Waals surface area contributed by atoms with E-state index in [0.29, 0.717) is 31.9 Å². The van der Waals surface area contributed by atoms with E-state index in [0.717, 1.165) is 32.1 Å². The van der Waals surface area contributed by atoms with Crippen LogP contribution in [0.15, 0.2) is 29.2 Å². The van der Waals surface area contributed by atoms with Crippen LogP contribution in [-0.4, -0.2) is 58.2 Å². The van der Waals surface area contributed by atoms with E-state index < -0.39 is 22.1 Å². The molecule has 7 nitrogen and oxygen atoms in total. The maximum absolute atomic E-state index is 12.8. The molecule has 2 aliphatic rings. The lowest BCUT2D eigenvalue weighted by Crippen LogP contribution is -2.35. The fraction of sp³-hybridized carbons (Fsp3) is 0.632. The van der Waals surface area contributed by atoms with E-state index >= 15 is 0 Å². The molecule has 2 fully saturated rings. The first kappa shape index (κ1) is 20.3. The van der Waals surface area contributed by atoms with Gasteiger partial charge in [-0.2, -0.15) is 4.31 Å². The third-order valence-electron chi connectivity index (χ3n) is 5.05. The zero-order valence-electron chi connectivity index (χ0n) is 15.6. The second-order valence-electron chi connectivity index (χ2n) is 6.88. The van der Waals surface area contributed by atoms with Crippen molar-refractivity contribution in [3.8, 4) is 0 Å². The summed E-state index contributed by atoms with van der Waals surface area (Å²) >= 11 is 0. The molecular formula is C19H27NO6S. The van der Waals surface area contributed by atoms with E-state index in [4.69, 9.17) is 14.2 Å². The number of carbonyl (C=O) groups excluding carboxylic acids is 1. The molecule has 0 amide bonds. The lowest BCUT2D eigenvalue weighted by molar-refractivity contribution is -0.162. The minimum Gasteiger partial charge on any atom is -0.467 e. The van der Waals surface area contributed by atoms with Gasteiger partial charge in [0.05, 0.1) is 18.1 Å². The minimum atomic E-state index is -3.50. The summed E-state index contributed by atoms with van der Waals surface area (Å²) in [6.45, 7) is 2.32. The molecule has 1 atom stereocenters. The second-order valence-corrected chi connectivity index (χ2v) is 8.82. The quantitative estimate of drug-likeness (QED) is 0.685. The molecule has 1 unspecified atom stereocenters. The summed E-state index contributed by atoms with van der Waals surface area (Å²) in [5.74, 6) is -0.492. The summed E-state index contributed by atoms with van der Waals surface area (Å²) in [6, 6.07) is 6.36. The Morgan fingerprint density at radius 1 is 1.11 bits per heavy atom. The maximum Gasteiger partial charge on any atom is 0.339 e. The molecule has 0 aliphatic carbocycles. The smallest absolute Gasteiger partial charge is 0.339 e. The summed E-state index contributed by atoms with van der Waals surface area (Å²) in [6.07, 6.45) is 3.32. The second kappa shape index (κ2) is 9.14. The molecule has 0 radical (unpaired) electrons. The van der Waals surface area contributed by atoms with E-state index in [1.54, 1.807) is 24.3 Å². The minimum absolute atomic E-state index is 0.0837. The van der Waals surface area contributed by atoms with Crippen molar-refractivity contribution in [2.45, 2.75) is 49.2 Å². The molecule has 2 heterocycles. The average molecular weight is 397 g/mol. The molecule has 0 bridgehead atoms. The molecule has 0 aromatic heterocycles. The van der Waals surface area contributed by atoms with Crippen LogP contribution < -0.4 is 0 Å². The Morgan fingerprint density at radius 2 is 1.74 bits per heavy atom. The first-order valence-electron chi connectivity index (χ1n) is 9.43. The highest BCUT2D eigenvalue weighted by Crippen LogP contribution is 2.27. The zero-order valence-corrected chi connectivity index (χ0v) is 16.4. The number of methoxy groups -OCH3 is 1. The molecule has 0 saturated carbocycles. The largest absolute Gasteiger partial charge is 0.467 e. The van der Waals surface area contributed by atoms with Gasteiger partial charge in [0.25, 0.3) is 0 Å². The third-order valence-corrected chi connectivity index (χ3v) is 6.96. The van der Waals surface area contributed by atoms with Crippen LogP contribution in [0.25, 0.3) is 0 Å². The van der Waals surface area contributed by atoms with Crippen molar-refractivity contribution in [3.63, 3.8) is 0 Å². The zero-order chi connectivity index (χ0) is 19.3. The number of benzene rings is 1. The van der Waals surface area contributed by atoms with E-state index in [9.17, 15) is 13.2 Å². The number of sulfonamides is 1. The first-order valence-corrected chi connectivity index (χ1v) is 10.9. The summed E-state index contributed by atoms with van der Waals surface area (Å²) < 4.78 is 43.2. The molecule has 8 heteroatoms. The van der Waals surface area contributed by atoms with Gasteiger partial charge in [-0.05, 0) is 43.4 Å². The van der Waals surface area contributed by atoms with E-state index in [-0.39, 0.29) is 11.0 Å². The molecule has 27 heavy (non-hydrogen) atoms. The predicted octanol–water partition coefficient (Wildman–Crippen LogP) is 2.27. The fourth-order valence-corrected chi connectivity index (χ4v) is 4.97. The number of piperidine rings is 1. The Bertz CT molecular complexity index is 721. The van der Waals surface area contributed by atoms with Crippen molar-refractivity contribution in [2.24, 2.45) is 0 Å². The molecule has 1 aromatic carbocycles. The number of hydrogen-bond donors (Lipinski definition) is 0. The van der Waals surface area contributed by atoms with Gasteiger partial charge in [-0.25, -0.2) is 13.2 Å². The van der Waals surface area contributed by atoms with E-state index in [1.165, 1.54) is 11.4 Å². The SMILES string of the molecule is COC(=O)C(OC1CCOCC1)c1ccc(S(=O)(=O)N2CCCCC2)cc1.